The molecule has 29 heavy (non-hydrogen) atoms. The number of para-hydroxylation sites is 2. The van der Waals surface area contributed by atoms with E-state index < -0.39 is 0 Å². The Morgan fingerprint density at radius 2 is 1.48 bits per heavy atom. The summed E-state index contributed by atoms with van der Waals surface area (Å²) >= 11 is 0. The Bertz CT molecular complexity index is 1100. The molecule has 0 aliphatic rings. The number of fused-ring (bicyclic) bond motifs is 1. The molecule has 4 nitrogen and oxygen atoms in total. The van der Waals surface area contributed by atoms with Gasteiger partial charge in [-0.3, -0.25) is 0 Å². The van der Waals surface area contributed by atoms with E-state index in [1.807, 2.05) is 42.5 Å². The molecule has 0 saturated heterocycles. The lowest BCUT2D eigenvalue weighted by Gasteiger charge is -2.12. The number of rotatable bonds is 8. The number of imidazole rings is 1. The normalized spacial score (nSPS) is 11.0. The molecule has 3 aromatic carbocycles. The number of benzene rings is 3. The maximum atomic E-state index is 6.02. The van der Waals surface area contributed by atoms with E-state index in [1.165, 1.54) is 11.1 Å². The zero-order valence-electron chi connectivity index (χ0n) is 17.0. The molecule has 0 spiro atoms. The van der Waals surface area contributed by atoms with Crippen LogP contribution in [0.3, 0.4) is 0 Å². The minimum atomic E-state index is 0.441. The van der Waals surface area contributed by atoms with Gasteiger partial charge in [-0.1, -0.05) is 36.4 Å². The number of aryl methyl sites for hydroxylation is 3. The van der Waals surface area contributed by atoms with Crippen molar-refractivity contribution in [1.82, 2.24) is 9.55 Å². The number of nitrogens with zero attached hydrogens (tertiary/aromatic N) is 2. The SMILES string of the molecule is Cc1cccc(OCCCn2c(COc3cccc(C)c3)nc3ccccc32)c1. The third-order valence-corrected chi connectivity index (χ3v) is 4.88. The number of aromatic nitrogens is 2. The van der Waals surface area contributed by atoms with Gasteiger partial charge in [-0.25, -0.2) is 4.98 Å². The Hall–Kier alpha value is -3.27. The molecule has 0 N–H and O–H groups in total. The predicted molar refractivity (Wildman–Crippen MR) is 117 cm³/mol. The van der Waals surface area contributed by atoms with Crippen LogP contribution in [0.25, 0.3) is 11.0 Å². The Morgan fingerprint density at radius 1 is 0.793 bits per heavy atom. The average molecular weight is 386 g/mol. The first-order valence-electron chi connectivity index (χ1n) is 10.0. The monoisotopic (exact) mass is 386 g/mol. The third kappa shape index (κ3) is 4.77. The van der Waals surface area contributed by atoms with E-state index in [0.29, 0.717) is 13.2 Å². The van der Waals surface area contributed by atoms with Crippen molar-refractivity contribution in [2.45, 2.75) is 33.4 Å². The Kier molecular flexibility index (Phi) is 5.80. The molecule has 0 radical (unpaired) electrons. The van der Waals surface area contributed by atoms with Crippen LogP contribution < -0.4 is 9.47 Å². The van der Waals surface area contributed by atoms with Gasteiger partial charge < -0.3 is 14.0 Å². The van der Waals surface area contributed by atoms with Crippen LogP contribution in [0.5, 0.6) is 11.5 Å². The van der Waals surface area contributed by atoms with Gasteiger partial charge in [0.05, 0.1) is 17.6 Å². The van der Waals surface area contributed by atoms with E-state index >= 15 is 0 Å². The summed E-state index contributed by atoms with van der Waals surface area (Å²) in [5, 5.41) is 0. The summed E-state index contributed by atoms with van der Waals surface area (Å²) < 4.78 is 14.2. The standard InChI is InChI=1S/C25H26N2O2/c1-19-8-5-10-21(16-19)28-15-7-14-27-24-13-4-3-12-23(24)26-25(27)18-29-22-11-6-9-20(2)17-22/h3-6,8-13,16-17H,7,14-15,18H2,1-2H3. The van der Waals surface area contributed by atoms with Crippen molar-refractivity contribution in [3.05, 3.63) is 89.7 Å². The lowest BCUT2D eigenvalue weighted by atomic mass is 10.2. The second-order valence-corrected chi connectivity index (χ2v) is 7.29. The summed E-state index contributed by atoms with van der Waals surface area (Å²) in [5.41, 5.74) is 4.52. The van der Waals surface area contributed by atoms with Crippen LogP contribution in [0, 0.1) is 13.8 Å². The van der Waals surface area contributed by atoms with Gasteiger partial charge in [0.15, 0.2) is 0 Å². The van der Waals surface area contributed by atoms with Crippen LogP contribution in [-0.2, 0) is 13.2 Å². The molecule has 4 heteroatoms. The highest BCUT2D eigenvalue weighted by Gasteiger charge is 2.11. The molecule has 0 amide bonds. The van der Waals surface area contributed by atoms with Gasteiger partial charge in [-0.15, -0.1) is 0 Å². The predicted octanol–water partition coefficient (Wildman–Crippen LogP) is 5.70. The van der Waals surface area contributed by atoms with Crippen molar-refractivity contribution in [2.75, 3.05) is 6.61 Å². The molecule has 0 saturated carbocycles. The fraction of sp³-hybridized carbons (Fsp3) is 0.240. The van der Waals surface area contributed by atoms with E-state index in [2.05, 4.69) is 48.7 Å². The quantitative estimate of drug-likeness (QED) is 0.364. The fourth-order valence-electron chi connectivity index (χ4n) is 3.46. The van der Waals surface area contributed by atoms with Gasteiger partial charge in [0.2, 0.25) is 0 Å². The lowest BCUT2D eigenvalue weighted by molar-refractivity contribution is 0.280. The maximum Gasteiger partial charge on any atom is 0.147 e. The van der Waals surface area contributed by atoms with Crippen LogP contribution in [0.4, 0.5) is 0 Å². The van der Waals surface area contributed by atoms with Gasteiger partial charge in [-0.05, 0) is 67.8 Å². The molecule has 0 atom stereocenters. The number of hydrogen-bond acceptors (Lipinski definition) is 3. The summed E-state index contributed by atoms with van der Waals surface area (Å²) in [6.07, 6.45) is 0.895. The van der Waals surface area contributed by atoms with Crippen LogP contribution >= 0.6 is 0 Å². The van der Waals surface area contributed by atoms with Gasteiger partial charge in [0.1, 0.15) is 23.9 Å². The first-order chi connectivity index (χ1) is 14.2. The summed E-state index contributed by atoms with van der Waals surface area (Å²) in [7, 11) is 0. The summed E-state index contributed by atoms with van der Waals surface area (Å²) in [6, 6.07) is 24.5. The second-order valence-electron chi connectivity index (χ2n) is 7.29. The molecule has 0 aliphatic heterocycles. The van der Waals surface area contributed by atoms with E-state index in [4.69, 9.17) is 14.5 Å². The molecular weight excluding hydrogens is 360 g/mol. The minimum Gasteiger partial charge on any atom is -0.494 e. The molecule has 148 valence electrons. The lowest BCUT2D eigenvalue weighted by Crippen LogP contribution is -2.10. The largest absolute Gasteiger partial charge is 0.494 e. The second kappa shape index (κ2) is 8.82. The summed E-state index contributed by atoms with van der Waals surface area (Å²) in [5.74, 6) is 2.72. The Labute approximate surface area is 171 Å². The van der Waals surface area contributed by atoms with Gasteiger partial charge in [0, 0.05) is 6.54 Å². The minimum absolute atomic E-state index is 0.441. The van der Waals surface area contributed by atoms with Crippen molar-refractivity contribution < 1.29 is 9.47 Å². The Balaban J connectivity index is 1.44. The first kappa shape index (κ1) is 19.1. The maximum absolute atomic E-state index is 6.02. The molecular formula is C25H26N2O2. The van der Waals surface area contributed by atoms with Crippen molar-refractivity contribution in [3.8, 4) is 11.5 Å². The smallest absolute Gasteiger partial charge is 0.147 e. The topological polar surface area (TPSA) is 36.3 Å². The van der Waals surface area contributed by atoms with Crippen LogP contribution in [-0.4, -0.2) is 16.2 Å². The molecule has 4 rings (SSSR count). The molecule has 0 aliphatic carbocycles. The van der Waals surface area contributed by atoms with Crippen molar-refractivity contribution in [1.29, 1.82) is 0 Å². The molecule has 4 aromatic rings. The van der Waals surface area contributed by atoms with E-state index in [-0.39, 0.29) is 0 Å². The average Bonchev–Trinajstić information content (AvgIpc) is 3.07. The van der Waals surface area contributed by atoms with Crippen LogP contribution in [0.2, 0.25) is 0 Å². The molecule has 0 fully saturated rings. The van der Waals surface area contributed by atoms with E-state index in [9.17, 15) is 0 Å². The molecule has 0 bridgehead atoms. The van der Waals surface area contributed by atoms with Gasteiger partial charge in [0.25, 0.3) is 0 Å². The van der Waals surface area contributed by atoms with Crippen molar-refractivity contribution in [2.24, 2.45) is 0 Å². The van der Waals surface area contributed by atoms with Gasteiger partial charge in [-0.2, -0.15) is 0 Å². The van der Waals surface area contributed by atoms with Crippen molar-refractivity contribution in [3.63, 3.8) is 0 Å². The number of hydrogen-bond donors (Lipinski definition) is 0. The zero-order chi connectivity index (χ0) is 20.1. The van der Waals surface area contributed by atoms with Crippen molar-refractivity contribution >= 4 is 11.0 Å². The molecule has 1 aromatic heterocycles. The summed E-state index contributed by atoms with van der Waals surface area (Å²) in [6.45, 7) is 6.07. The zero-order valence-corrected chi connectivity index (χ0v) is 17.0. The fourth-order valence-corrected chi connectivity index (χ4v) is 3.46. The van der Waals surface area contributed by atoms with Gasteiger partial charge >= 0.3 is 0 Å². The molecule has 0 unspecified atom stereocenters. The summed E-state index contributed by atoms with van der Waals surface area (Å²) in [4.78, 5) is 4.80. The third-order valence-electron chi connectivity index (χ3n) is 4.88. The van der Waals surface area contributed by atoms with Crippen LogP contribution in [0.15, 0.2) is 72.8 Å². The molecule has 1 heterocycles. The first-order valence-corrected chi connectivity index (χ1v) is 10.0. The van der Waals surface area contributed by atoms with E-state index in [0.717, 1.165) is 41.3 Å². The highest BCUT2D eigenvalue weighted by molar-refractivity contribution is 5.75. The highest BCUT2D eigenvalue weighted by atomic mass is 16.5. The highest BCUT2D eigenvalue weighted by Crippen LogP contribution is 2.20. The Morgan fingerprint density at radius 3 is 2.21 bits per heavy atom. The van der Waals surface area contributed by atoms with E-state index in [1.54, 1.807) is 0 Å². The number of ether oxygens (including phenoxy) is 2. The van der Waals surface area contributed by atoms with Crippen LogP contribution in [0.1, 0.15) is 23.4 Å².